The first-order valence-corrected chi connectivity index (χ1v) is 8.05. The topological polar surface area (TPSA) is 77.4 Å². The van der Waals surface area contributed by atoms with Crippen molar-refractivity contribution in [2.45, 2.75) is 70.0 Å². The van der Waals surface area contributed by atoms with Crippen LogP contribution in [-0.2, 0) is 10.1 Å². The summed E-state index contributed by atoms with van der Waals surface area (Å²) in [4.78, 5) is 0. The minimum Gasteiger partial charge on any atom is -0.748 e. The molecule has 0 amide bonds. The van der Waals surface area contributed by atoms with Crippen LogP contribution in [0.3, 0.4) is 0 Å². The predicted molar refractivity (Wildman–Crippen MR) is 67.8 cm³/mol. The first-order chi connectivity index (χ1) is 8.02. The first-order valence-electron chi connectivity index (χ1n) is 6.58. The van der Waals surface area contributed by atoms with E-state index in [9.17, 15) is 13.0 Å². The Hall–Kier alpha value is 0.870. The van der Waals surface area contributed by atoms with Gasteiger partial charge >= 0.3 is 29.6 Å². The number of aliphatic hydroxyl groups is 1. The fourth-order valence-electron chi connectivity index (χ4n) is 1.89. The van der Waals surface area contributed by atoms with Gasteiger partial charge in [-0.25, -0.2) is 8.42 Å². The molecule has 1 unspecified atom stereocenters. The van der Waals surface area contributed by atoms with Gasteiger partial charge in [-0.2, -0.15) is 0 Å². The second-order valence-corrected chi connectivity index (χ2v) is 6.19. The predicted octanol–water partition coefficient (Wildman–Crippen LogP) is -0.573. The third-order valence-corrected chi connectivity index (χ3v) is 4.26. The van der Waals surface area contributed by atoms with Crippen LogP contribution in [0, 0.1) is 0 Å². The Morgan fingerprint density at radius 1 is 1.00 bits per heavy atom. The van der Waals surface area contributed by atoms with Crippen molar-refractivity contribution in [2.24, 2.45) is 0 Å². The number of aliphatic hydroxyl groups excluding tert-OH is 1. The molecule has 0 saturated carbocycles. The summed E-state index contributed by atoms with van der Waals surface area (Å²) in [7, 11) is -4.17. The van der Waals surface area contributed by atoms with Gasteiger partial charge in [0, 0.05) is 11.9 Å². The summed E-state index contributed by atoms with van der Waals surface area (Å²) in [6.45, 7) is 2.18. The van der Waals surface area contributed by atoms with Crippen LogP contribution in [0.2, 0.25) is 0 Å². The SMILES string of the molecule is CCCCCCCC(CCCCO)S(=O)(=O)[O-].[Na+]. The monoisotopic (exact) mass is 288 g/mol. The molecule has 0 heterocycles. The van der Waals surface area contributed by atoms with Crippen LogP contribution in [0.4, 0.5) is 0 Å². The second-order valence-electron chi connectivity index (χ2n) is 4.54. The van der Waals surface area contributed by atoms with E-state index in [0.29, 0.717) is 25.7 Å². The molecule has 4 nitrogen and oxygen atoms in total. The van der Waals surface area contributed by atoms with Crippen LogP contribution in [0.25, 0.3) is 0 Å². The first kappa shape index (κ1) is 21.2. The van der Waals surface area contributed by atoms with E-state index in [2.05, 4.69) is 6.92 Å². The number of hydrogen-bond acceptors (Lipinski definition) is 4. The Labute approximate surface area is 134 Å². The quantitative estimate of drug-likeness (QED) is 0.314. The average Bonchev–Trinajstić information content (AvgIpc) is 2.25. The van der Waals surface area contributed by atoms with E-state index < -0.39 is 15.4 Å². The molecule has 1 atom stereocenters. The van der Waals surface area contributed by atoms with Gasteiger partial charge in [-0.15, -0.1) is 0 Å². The third kappa shape index (κ3) is 11.9. The molecule has 0 radical (unpaired) electrons. The van der Waals surface area contributed by atoms with Crippen LogP contribution in [-0.4, -0.2) is 29.9 Å². The van der Waals surface area contributed by atoms with E-state index in [4.69, 9.17) is 5.11 Å². The fraction of sp³-hybridized carbons (Fsp3) is 1.00. The summed E-state index contributed by atoms with van der Waals surface area (Å²) in [6.07, 6.45) is 7.28. The normalized spacial score (nSPS) is 13.1. The van der Waals surface area contributed by atoms with Crippen molar-refractivity contribution in [3.8, 4) is 0 Å². The van der Waals surface area contributed by atoms with Crippen molar-refractivity contribution in [3.05, 3.63) is 0 Å². The molecule has 0 bridgehead atoms. The Balaban J connectivity index is 0. The summed E-state index contributed by atoms with van der Waals surface area (Å²) < 4.78 is 33.1. The molecule has 0 aromatic rings. The molecule has 0 fully saturated rings. The number of unbranched alkanes of at least 4 members (excludes halogenated alkanes) is 5. The van der Waals surface area contributed by atoms with Crippen molar-refractivity contribution >= 4 is 10.1 Å². The molecule has 0 aromatic heterocycles. The molecule has 0 saturated heterocycles. The molecule has 104 valence electrons. The minimum atomic E-state index is -4.17. The van der Waals surface area contributed by atoms with E-state index >= 15 is 0 Å². The van der Waals surface area contributed by atoms with Gasteiger partial charge in [-0.1, -0.05) is 39.0 Å². The summed E-state index contributed by atoms with van der Waals surface area (Å²) in [6, 6.07) is 0. The smallest absolute Gasteiger partial charge is 0.748 e. The van der Waals surface area contributed by atoms with E-state index in [0.717, 1.165) is 25.7 Å². The molecular weight excluding hydrogens is 263 g/mol. The summed E-state index contributed by atoms with van der Waals surface area (Å²) in [5.74, 6) is 0. The second kappa shape index (κ2) is 12.9. The van der Waals surface area contributed by atoms with Gasteiger partial charge in [0.2, 0.25) is 0 Å². The Bertz CT molecular complexity index is 267. The zero-order valence-corrected chi connectivity index (χ0v) is 14.5. The molecule has 0 rings (SSSR count). The van der Waals surface area contributed by atoms with Crippen molar-refractivity contribution in [1.29, 1.82) is 0 Å². The summed E-state index contributed by atoms with van der Waals surface area (Å²) in [5, 5.41) is 7.87. The zero-order valence-electron chi connectivity index (χ0n) is 11.7. The maximum absolute atomic E-state index is 11.0. The fourth-order valence-corrected chi connectivity index (χ4v) is 2.80. The van der Waals surface area contributed by atoms with Crippen LogP contribution >= 0.6 is 0 Å². The van der Waals surface area contributed by atoms with Crippen molar-refractivity contribution in [3.63, 3.8) is 0 Å². The molecular formula is C12H25NaO4S. The molecule has 0 aliphatic heterocycles. The van der Waals surface area contributed by atoms with Gasteiger partial charge in [0.05, 0.1) is 10.1 Å². The third-order valence-electron chi connectivity index (χ3n) is 2.97. The maximum atomic E-state index is 11.0. The van der Waals surface area contributed by atoms with Gasteiger partial charge in [0.15, 0.2) is 0 Å². The van der Waals surface area contributed by atoms with Gasteiger partial charge < -0.3 is 9.66 Å². The molecule has 18 heavy (non-hydrogen) atoms. The van der Waals surface area contributed by atoms with E-state index in [1.54, 1.807) is 0 Å². The van der Waals surface area contributed by atoms with Crippen LogP contribution < -0.4 is 29.6 Å². The van der Waals surface area contributed by atoms with Gasteiger partial charge in [-0.3, -0.25) is 0 Å². The molecule has 1 N–H and O–H groups in total. The van der Waals surface area contributed by atoms with Gasteiger partial charge in [-0.05, 0) is 25.7 Å². The van der Waals surface area contributed by atoms with Crippen LogP contribution in [0.15, 0.2) is 0 Å². The van der Waals surface area contributed by atoms with Crippen molar-refractivity contribution in [2.75, 3.05) is 6.61 Å². The number of rotatable bonds is 11. The molecule has 6 heteroatoms. The summed E-state index contributed by atoms with van der Waals surface area (Å²) >= 11 is 0. The van der Waals surface area contributed by atoms with Gasteiger partial charge in [0.1, 0.15) is 0 Å². The molecule has 0 aromatic carbocycles. The Morgan fingerprint density at radius 2 is 1.50 bits per heavy atom. The van der Waals surface area contributed by atoms with E-state index in [1.807, 2.05) is 0 Å². The zero-order chi connectivity index (χ0) is 13.1. The summed E-state index contributed by atoms with van der Waals surface area (Å²) in [5.41, 5.74) is 0. The van der Waals surface area contributed by atoms with E-state index in [1.165, 1.54) is 6.42 Å². The number of hydrogen-bond donors (Lipinski definition) is 1. The average molecular weight is 288 g/mol. The standard InChI is InChI=1S/C12H26O4S.Na/c1-2-3-4-5-6-9-12(17(14,15)16)10-7-8-11-13;/h12-13H,2-11H2,1H3,(H,14,15,16);/q;+1/p-1. The van der Waals surface area contributed by atoms with E-state index in [-0.39, 0.29) is 36.2 Å². The van der Waals surface area contributed by atoms with Gasteiger partial charge in [0.25, 0.3) is 0 Å². The van der Waals surface area contributed by atoms with Crippen LogP contribution in [0.5, 0.6) is 0 Å². The minimum absolute atomic E-state index is 0. The maximum Gasteiger partial charge on any atom is 1.00 e. The largest absolute Gasteiger partial charge is 1.00 e. The van der Waals surface area contributed by atoms with Crippen LogP contribution in [0.1, 0.15) is 64.7 Å². The molecule has 0 aliphatic rings. The van der Waals surface area contributed by atoms with Crippen molar-refractivity contribution < 1.29 is 47.6 Å². The Kier molecular flexibility index (Phi) is 15.2. The molecule has 0 aliphatic carbocycles. The van der Waals surface area contributed by atoms with Crippen molar-refractivity contribution in [1.82, 2.24) is 0 Å². The molecule has 0 spiro atoms. The Morgan fingerprint density at radius 3 is 1.94 bits per heavy atom.